The van der Waals surface area contributed by atoms with E-state index in [9.17, 15) is 24.9 Å². The highest BCUT2D eigenvalue weighted by atomic mass is 16.3. The Kier molecular flexibility index (Phi) is 4.17. The summed E-state index contributed by atoms with van der Waals surface area (Å²) in [6, 6.07) is 3.00. The number of aromatic hydroxyl groups is 1. The van der Waals surface area contributed by atoms with E-state index in [0.717, 1.165) is 5.57 Å². The number of Topliss-reactive ketones (excluding diaryl/α,β-unsaturated/α-hetero) is 2. The van der Waals surface area contributed by atoms with Gasteiger partial charge in [0.15, 0.2) is 17.0 Å². The molecule has 0 heterocycles. The first-order chi connectivity index (χ1) is 11.7. The minimum atomic E-state index is -1.97. The molecule has 5 nitrogen and oxygen atoms in total. The van der Waals surface area contributed by atoms with E-state index in [1.165, 1.54) is 6.07 Å². The van der Waals surface area contributed by atoms with Gasteiger partial charge in [0.25, 0.3) is 0 Å². The normalized spacial score (nSPS) is 28.1. The van der Waals surface area contributed by atoms with Gasteiger partial charge >= 0.3 is 0 Å². The number of fused-ring (bicyclic) bond motifs is 1. The van der Waals surface area contributed by atoms with Gasteiger partial charge in [0, 0.05) is 0 Å². The predicted molar refractivity (Wildman–Crippen MR) is 92.3 cm³/mol. The van der Waals surface area contributed by atoms with Gasteiger partial charge in [0.05, 0.1) is 11.7 Å². The average Bonchev–Trinajstić information content (AvgIpc) is 2.74. The van der Waals surface area contributed by atoms with Crippen molar-refractivity contribution in [2.75, 3.05) is 0 Å². The largest absolute Gasteiger partial charge is 0.507 e. The fourth-order valence-electron chi connectivity index (χ4n) is 3.83. The molecule has 2 aliphatic rings. The maximum absolute atomic E-state index is 13.1. The summed E-state index contributed by atoms with van der Waals surface area (Å²) in [6.45, 7) is 5.54. The van der Waals surface area contributed by atoms with Crippen LogP contribution in [0.25, 0.3) is 0 Å². The number of hydrogen-bond donors (Lipinski definition) is 3. The Morgan fingerprint density at radius 1 is 1.24 bits per heavy atom. The van der Waals surface area contributed by atoms with Gasteiger partial charge in [-0.2, -0.15) is 0 Å². The molecule has 3 rings (SSSR count). The Morgan fingerprint density at radius 3 is 2.56 bits per heavy atom. The SMILES string of the molecule is CC(C)=CCC1=CCC(O)C2(C1=O)C(=O)c1c(O)cc(C)cc1C2O. The predicted octanol–water partition coefficient (Wildman–Crippen LogP) is 2.53. The number of aliphatic hydroxyl groups is 2. The van der Waals surface area contributed by atoms with Crippen LogP contribution in [0.2, 0.25) is 0 Å². The zero-order chi connectivity index (χ0) is 18.5. The summed E-state index contributed by atoms with van der Waals surface area (Å²) in [5, 5.41) is 31.6. The van der Waals surface area contributed by atoms with Crippen molar-refractivity contribution in [3.63, 3.8) is 0 Å². The molecule has 0 bridgehead atoms. The second kappa shape index (κ2) is 5.93. The molecule has 0 amide bonds. The van der Waals surface area contributed by atoms with Crippen molar-refractivity contribution in [2.45, 2.75) is 45.8 Å². The highest BCUT2D eigenvalue weighted by Crippen LogP contribution is 2.54. The first kappa shape index (κ1) is 17.6. The van der Waals surface area contributed by atoms with Crippen LogP contribution in [0.4, 0.5) is 0 Å². The smallest absolute Gasteiger partial charge is 0.186 e. The van der Waals surface area contributed by atoms with Gasteiger partial charge in [0.2, 0.25) is 0 Å². The number of hydrogen-bond acceptors (Lipinski definition) is 5. The summed E-state index contributed by atoms with van der Waals surface area (Å²) in [6.07, 6.45) is 1.15. The van der Waals surface area contributed by atoms with Crippen LogP contribution in [-0.2, 0) is 4.79 Å². The molecule has 5 heteroatoms. The molecular formula is C20H22O5. The molecule has 0 fully saturated rings. The number of benzene rings is 1. The fraction of sp³-hybridized carbons (Fsp3) is 0.400. The standard InChI is InChI=1S/C20H22O5/c1-10(2)4-5-12-6-7-15(22)20(17(12)23)18(24)13-8-11(3)9-14(21)16(13)19(20)25/h4,6,8-9,15,18,21-22,24H,5,7H2,1-3H3. The van der Waals surface area contributed by atoms with Crippen molar-refractivity contribution in [3.05, 3.63) is 52.1 Å². The number of aryl methyl sites for hydroxylation is 1. The lowest BCUT2D eigenvalue weighted by Gasteiger charge is -2.37. The second-order valence-corrected chi connectivity index (χ2v) is 7.14. The van der Waals surface area contributed by atoms with Crippen molar-refractivity contribution in [2.24, 2.45) is 5.41 Å². The lowest BCUT2D eigenvalue weighted by atomic mass is 9.66. The maximum atomic E-state index is 13.1. The Bertz CT molecular complexity index is 829. The van der Waals surface area contributed by atoms with Gasteiger partial charge in [0.1, 0.15) is 11.9 Å². The molecule has 25 heavy (non-hydrogen) atoms. The number of phenols is 1. The molecule has 1 aromatic rings. The zero-order valence-electron chi connectivity index (χ0n) is 14.5. The van der Waals surface area contributed by atoms with E-state index in [-0.39, 0.29) is 23.3 Å². The zero-order valence-corrected chi connectivity index (χ0v) is 14.5. The summed E-state index contributed by atoms with van der Waals surface area (Å²) in [7, 11) is 0. The van der Waals surface area contributed by atoms with Crippen molar-refractivity contribution in [1.82, 2.24) is 0 Å². The number of carbonyl (C=O) groups is 2. The molecule has 0 aliphatic heterocycles. The highest BCUT2D eigenvalue weighted by molar-refractivity contribution is 6.24. The fourth-order valence-corrected chi connectivity index (χ4v) is 3.83. The number of allylic oxidation sites excluding steroid dienone is 3. The molecule has 0 aromatic heterocycles. The van der Waals surface area contributed by atoms with E-state index < -0.39 is 29.2 Å². The van der Waals surface area contributed by atoms with Crippen LogP contribution < -0.4 is 0 Å². The van der Waals surface area contributed by atoms with E-state index in [1.807, 2.05) is 19.9 Å². The number of ketones is 2. The van der Waals surface area contributed by atoms with Crippen LogP contribution in [-0.4, -0.2) is 33.0 Å². The minimum Gasteiger partial charge on any atom is -0.507 e. The number of rotatable bonds is 2. The van der Waals surface area contributed by atoms with Crippen LogP contribution in [0.15, 0.2) is 35.4 Å². The van der Waals surface area contributed by atoms with E-state index in [2.05, 4.69) is 0 Å². The topological polar surface area (TPSA) is 94.8 Å². The van der Waals surface area contributed by atoms with Gasteiger partial charge in [-0.15, -0.1) is 0 Å². The molecule has 3 atom stereocenters. The third-order valence-electron chi connectivity index (χ3n) is 5.13. The molecule has 2 aliphatic carbocycles. The van der Waals surface area contributed by atoms with Crippen LogP contribution in [0, 0.1) is 12.3 Å². The number of phenolic OH excluding ortho intramolecular Hbond substituents is 1. The van der Waals surface area contributed by atoms with Crippen LogP contribution in [0.3, 0.4) is 0 Å². The van der Waals surface area contributed by atoms with Gasteiger partial charge in [-0.3, -0.25) is 9.59 Å². The Labute approximate surface area is 146 Å². The molecular weight excluding hydrogens is 320 g/mol. The molecule has 0 saturated carbocycles. The minimum absolute atomic E-state index is 0.0611. The summed E-state index contributed by atoms with van der Waals surface area (Å²) in [5.41, 5.74) is 0.282. The van der Waals surface area contributed by atoms with E-state index in [4.69, 9.17) is 0 Å². The Hall–Kier alpha value is -2.24. The van der Waals surface area contributed by atoms with E-state index >= 15 is 0 Å². The van der Waals surface area contributed by atoms with E-state index in [1.54, 1.807) is 19.1 Å². The molecule has 3 unspecified atom stereocenters. The first-order valence-corrected chi connectivity index (χ1v) is 8.32. The van der Waals surface area contributed by atoms with Crippen molar-refractivity contribution >= 4 is 11.6 Å². The number of carbonyl (C=O) groups excluding carboxylic acids is 2. The highest BCUT2D eigenvalue weighted by Gasteiger charge is 2.64. The van der Waals surface area contributed by atoms with Crippen LogP contribution >= 0.6 is 0 Å². The lowest BCUT2D eigenvalue weighted by molar-refractivity contribution is -0.137. The summed E-state index contributed by atoms with van der Waals surface area (Å²) < 4.78 is 0. The summed E-state index contributed by atoms with van der Waals surface area (Å²) in [5.74, 6) is -1.53. The van der Waals surface area contributed by atoms with Crippen LogP contribution in [0.1, 0.15) is 54.3 Å². The molecule has 0 saturated heterocycles. The average molecular weight is 342 g/mol. The molecule has 0 radical (unpaired) electrons. The third-order valence-corrected chi connectivity index (χ3v) is 5.13. The van der Waals surface area contributed by atoms with Crippen molar-refractivity contribution in [1.29, 1.82) is 0 Å². The van der Waals surface area contributed by atoms with Crippen molar-refractivity contribution in [3.8, 4) is 5.75 Å². The second-order valence-electron chi connectivity index (χ2n) is 7.14. The lowest BCUT2D eigenvalue weighted by Crippen LogP contribution is -2.52. The van der Waals surface area contributed by atoms with E-state index in [0.29, 0.717) is 17.6 Å². The van der Waals surface area contributed by atoms with Gasteiger partial charge < -0.3 is 15.3 Å². The third kappa shape index (κ3) is 2.38. The summed E-state index contributed by atoms with van der Waals surface area (Å²) in [4.78, 5) is 26.2. The summed E-state index contributed by atoms with van der Waals surface area (Å²) >= 11 is 0. The monoisotopic (exact) mass is 342 g/mol. The van der Waals surface area contributed by atoms with Crippen molar-refractivity contribution < 1.29 is 24.9 Å². The first-order valence-electron chi connectivity index (χ1n) is 8.32. The molecule has 1 aromatic carbocycles. The molecule has 1 spiro atoms. The molecule has 3 N–H and O–H groups in total. The van der Waals surface area contributed by atoms with Crippen LogP contribution in [0.5, 0.6) is 5.75 Å². The van der Waals surface area contributed by atoms with Gasteiger partial charge in [-0.05, 0) is 56.4 Å². The maximum Gasteiger partial charge on any atom is 0.186 e. The Balaban J connectivity index is 2.14. The van der Waals surface area contributed by atoms with Gasteiger partial charge in [-0.25, -0.2) is 0 Å². The number of aliphatic hydroxyl groups excluding tert-OH is 2. The van der Waals surface area contributed by atoms with Gasteiger partial charge in [-0.1, -0.05) is 23.8 Å². The quantitative estimate of drug-likeness (QED) is 0.567. The molecule has 132 valence electrons. The Morgan fingerprint density at radius 2 is 1.92 bits per heavy atom.